The molecule has 2 rings (SSSR count). The average Bonchev–Trinajstić information content (AvgIpc) is 2.78. The fourth-order valence-corrected chi connectivity index (χ4v) is 4.57. The number of benzene rings is 1. The molecule has 1 aliphatic heterocycles. The van der Waals surface area contributed by atoms with Crippen LogP contribution < -0.4 is 0 Å². The Labute approximate surface area is 107 Å². The van der Waals surface area contributed by atoms with E-state index in [0.29, 0.717) is 17.3 Å². The van der Waals surface area contributed by atoms with Gasteiger partial charge in [-0.2, -0.15) is 4.31 Å². The van der Waals surface area contributed by atoms with Crippen LogP contribution in [0.15, 0.2) is 29.2 Å². The first-order valence-electron chi connectivity index (χ1n) is 5.71. The van der Waals surface area contributed by atoms with Crippen LogP contribution in [0.5, 0.6) is 0 Å². The highest BCUT2D eigenvalue weighted by atomic mass is 35.5. The number of alkyl halides is 1. The average molecular weight is 274 g/mol. The van der Waals surface area contributed by atoms with Crippen LogP contribution in [0.25, 0.3) is 0 Å². The van der Waals surface area contributed by atoms with Gasteiger partial charge in [-0.25, -0.2) is 8.42 Å². The molecule has 0 aromatic heterocycles. The zero-order chi connectivity index (χ0) is 12.5. The summed E-state index contributed by atoms with van der Waals surface area (Å²) in [6.45, 7) is 2.40. The lowest BCUT2D eigenvalue weighted by Gasteiger charge is -2.23. The molecule has 1 aromatic carbocycles. The number of halogens is 1. The standard InChI is InChI=1S/C12H16ClNO2S/c1-10-5-2-3-7-12(10)17(15,16)14-8-4-6-11(14)9-13/h2-3,5,7,11H,4,6,8-9H2,1H3/t11-/m0/s1. The Bertz CT molecular complexity index is 501. The fourth-order valence-electron chi connectivity index (χ4n) is 2.25. The third-order valence-corrected chi connectivity index (χ3v) is 5.65. The van der Waals surface area contributed by atoms with Crippen molar-refractivity contribution in [1.82, 2.24) is 4.31 Å². The van der Waals surface area contributed by atoms with Crippen molar-refractivity contribution in [3.8, 4) is 0 Å². The van der Waals surface area contributed by atoms with Gasteiger partial charge in [0.25, 0.3) is 0 Å². The quantitative estimate of drug-likeness (QED) is 0.793. The Kier molecular flexibility index (Phi) is 3.76. The minimum absolute atomic E-state index is 0.0544. The second-order valence-corrected chi connectivity index (χ2v) is 6.50. The van der Waals surface area contributed by atoms with Gasteiger partial charge >= 0.3 is 0 Å². The Balaban J connectivity index is 2.40. The number of rotatable bonds is 3. The summed E-state index contributed by atoms with van der Waals surface area (Å²) in [5.74, 6) is 0.366. The summed E-state index contributed by atoms with van der Waals surface area (Å²) >= 11 is 5.83. The van der Waals surface area contributed by atoms with Crippen molar-refractivity contribution in [2.24, 2.45) is 0 Å². The first kappa shape index (κ1) is 12.9. The Morgan fingerprint density at radius 2 is 2.12 bits per heavy atom. The van der Waals surface area contributed by atoms with Gasteiger partial charge < -0.3 is 0 Å². The van der Waals surface area contributed by atoms with Crippen LogP contribution in [-0.2, 0) is 10.0 Å². The highest BCUT2D eigenvalue weighted by Crippen LogP contribution is 2.28. The lowest BCUT2D eigenvalue weighted by molar-refractivity contribution is 0.411. The predicted octanol–water partition coefficient (Wildman–Crippen LogP) is 2.39. The van der Waals surface area contributed by atoms with Crippen molar-refractivity contribution in [3.05, 3.63) is 29.8 Å². The molecule has 0 amide bonds. The molecule has 0 radical (unpaired) electrons. The molecule has 1 aliphatic rings. The molecule has 5 heteroatoms. The molecule has 1 atom stereocenters. The molecule has 3 nitrogen and oxygen atoms in total. The lowest BCUT2D eigenvalue weighted by atomic mass is 10.2. The van der Waals surface area contributed by atoms with Crippen molar-refractivity contribution in [2.45, 2.75) is 30.7 Å². The Morgan fingerprint density at radius 1 is 1.41 bits per heavy atom. The zero-order valence-corrected chi connectivity index (χ0v) is 11.3. The molecular formula is C12H16ClNO2S. The highest BCUT2D eigenvalue weighted by Gasteiger charge is 2.35. The maximum atomic E-state index is 12.5. The molecule has 1 aromatic rings. The van der Waals surface area contributed by atoms with E-state index in [9.17, 15) is 8.42 Å². The van der Waals surface area contributed by atoms with Crippen LogP contribution in [0.3, 0.4) is 0 Å². The molecule has 0 unspecified atom stereocenters. The molecule has 0 bridgehead atoms. The number of aryl methyl sites for hydroxylation is 1. The minimum Gasteiger partial charge on any atom is -0.207 e. The van der Waals surface area contributed by atoms with Crippen LogP contribution in [0.1, 0.15) is 18.4 Å². The number of hydrogen-bond donors (Lipinski definition) is 0. The molecule has 0 saturated carbocycles. The van der Waals surface area contributed by atoms with Crippen molar-refractivity contribution < 1.29 is 8.42 Å². The van der Waals surface area contributed by atoms with E-state index >= 15 is 0 Å². The van der Waals surface area contributed by atoms with Crippen molar-refractivity contribution in [1.29, 1.82) is 0 Å². The first-order chi connectivity index (χ1) is 8.07. The second kappa shape index (κ2) is 4.96. The van der Waals surface area contributed by atoms with E-state index in [1.807, 2.05) is 19.1 Å². The van der Waals surface area contributed by atoms with E-state index in [0.717, 1.165) is 18.4 Å². The predicted molar refractivity (Wildman–Crippen MR) is 68.8 cm³/mol. The summed E-state index contributed by atoms with van der Waals surface area (Å²) in [7, 11) is -3.38. The number of hydrogen-bond acceptors (Lipinski definition) is 2. The van der Waals surface area contributed by atoms with Crippen molar-refractivity contribution in [3.63, 3.8) is 0 Å². The van der Waals surface area contributed by atoms with Gasteiger partial charge in [0.2, 0.25) is 10.0 Å². The van der Waals surface area contributed by atoms with E-state index in [1.165, 1.54) is 0 Å². The zero-order valence-electron chi connectivity index (χ0n) is 9.77. The third kappa shape index (κ3) is 2.34. The molecule has 17 heavy (non-hydrogen) atoms. The molecule has 0 spiro atoms. The summed E-state index contributed by atoms with van der Waals surface area (Å²) in [6.07, 6.45) is 1.75. The highest BCUT2D eigenvalue weighted by molar-refractivity contribution is 7.89. The third-order valence-electron chi connectivity index (χ3n) is 3.18. The maximum absolute atomic E-state index is 12.5. The van der Waals surface area contributed by atoms with Gasteiger partial charge in [0.1, 0.15) is 0 Å². The fraction of sp³-hybridized carbons (Fsp3) is 0.500. The maximum Gasteiger partial charge on any atom is 0.243 e. The summed E-state index contributed by atoms with van der Waals surface area (Å²) in [5, 5.41) is 0. The Hall–Kier alpha value is -0.580. The van der Waals surface area contributed by atoms with Crippen LogP contribution >= 0.6 is 11.6 Å². The second-order valence-electron chi connectivity index (χ2n) is 4.33. The van der Waals surface area contributed by atoms with E-state index in [-0.39, 0.29) is 6.04 Å². The first-order valence-corrected chi connectivity index (χ1v) is 7.68. The van der Waals surface area contributed by atoms with Gasteiger partial charge in [0, 0.05) is 18.5 Å². The SMILES string of the molecule is Cc1ccccc1S(=O)(=O)N1CCC[C@H]1CCl. The van der Waals surface area contributed by atoms with Gasteiger partial charge in [-0.1, -0.05) is 18.2 Å². The summed E-state index contributed by atoms with van der Waals surface area (Å²) < 4.78 is 26.5. The molecule has 1 fully saturated rings. The van der Waals surface area contributed by atoms with Crippen molar-refractivity contribution >= 4 is 21.6 Å². The molecule has 94 valence electrons. The van der Waals surface area contributed by atoms with Crippen molar-refractivity contribution in [2.75, 3.05) is 12.4 Å². The van der Waals surface area contributed by atoms with Gasteiger partial charge in [0.15, 0.2) is 0 Å². The molecule has 1 heterocycles. The molecular weight excluding hydrogens is 258 g/mol. The monoisotopic (exact) mass is 273 g/mol. The summed E-state index contributed by atoms with van der Waals surface area (Å²) in [6, 6.07) is 7.02. The van der Waals surface area contributed by atoms with Crippen LogP contribution in [-0.4, -0.2) is 31.2 Å². The van der Waals surface area contributed by atoms with E-state index in [2.05, 4.69) is 0 Å². The molecule has 1 saturated heterocycles. The molecule has 0 N–H and O–H groups in total. The lowest BCUT2D eigenvalue weighted by Crippen LogP contribution is -2.36. The molecule has 0 aliphatic carbocycles. The van der Waals surface area contributed by atoms with Gasteiger partial charge in [-0.05, 0) is 31.4 Å². The topological polar surface area (TPSA) is 37.4 Å². The van der Waals surface area contributed by atoms with Gasteiger partial charge in [0.05, 0.1) is 4.90 Å². The largest absolute Gasteiger partial charge is 0.243 e. The van der Waals surface area contributed by atoms with Crippen LogP contribution in [0.4, 0.5) is 0 Å². The van der Waals surface area contributed by atoms with E-state index in [4.69, 9.17) is 11.6 Å². The van der Waals surface area contributed by atoms with Crippen LogP contribution in [0.2, 0.25) is 0 Å². The Morgan fingerprint density at radius 3 is 2.76 bits per heavy atom. The van der Waals surface area contributed by atoms with Gasteiger partial charge in [-0.15, -0.1) is 11.6 Å². The summed E-state index contributed by atoms with van der Waals surface area (Å²) in [5.41, 5.74) is 0.785. The van der Waals surface area contributed by atoms with E-state index < -0.39 is 10.0 Å². The normalized spacial score (nSPS) is 21.9. The summed E-state index contributed by atoms with van der Waals surface area (Å²) in [4.78, 5) is 0.400. The number of nitrogens with zero attached hydrogens (tertiary/aromatic N) is 1. The van der Waals surface area contributed by atoms with E-state index in [1.54, 1.807) is 16.4 Å². The smallest absolute Gasteiger partial charge is 0.207 e. The van der Waals surface area contributed by atoms with Crippen LogP contribution in [0, 0.1) is 6.92 Å². The van der Waals surface area contributed by atoms with Gasteiger partial charge in [-0.3, -0.25) is 0 Å². The number of sulfonamides is 1. The minimum atomic E-state index is -3.38.